The third-order valence-corrected chi connectivity index (χ3v) is 3.40. The van der Waals surface area contributed by atoms with Crippen molar-refractivity contribution in [3.8, 4) is 0 Å². The van der Waals surface area contributed by atoms with Crippen LogP contribution >= 0.6 is 0 Å². The monoisotopic (exact) mass is 243 g/mol. The molecule has 0 aliphatic carbocycles. The van der Waals surface area contributed by atoms with Crippen LogP contribution in [0.1, 0.15) is 10.5 Å². The minimum Gasteiger partial charge on any atom is -0.476 e. The number of aromatic carboxylic acids is 1. The van der Waals surface area contributed by atoms with Crippen LogP contribution in [0.15, 0.2) is 11.1 Å². The Kier molecular flexibility index (Phi) is 2.12. The molecule has 2 N–H and O–H groups in total. The number of carbonyl (C=O) groups is 2. The first-order valence-electron chi connectivity index (χ1n) is 4.04. The Balaban J connectivity index is 2.64. The normalized spacial score (nSPS) is 17.4. The summed E-state index contributed by atoms with van der Waals surface area (Å²) in [6.45, 7) is 0. The van der Waals surface area contributed by atoms with Crippen molar-refractivity contribution in [2.45, 2.75) is 5.03 Å². The fourth-order valence-electron chi connectivity index (χ4n) is 1.23. The average molecular weight is 243 g/mol. The molecule has 0 aromatic carbocycles. The Morgan fingerprint density at radius 1 is 1.44 bits per heavy atom. The number of aromatic nitrogens is 2. The predicted molar refractivity (Wildman–Crippen MR) is 49.7 cm³/mol. The van der Waals surface area contributed by atoms with Gasteiger partial charge in [0.2, 0.25) is 20.8 Å². The number of amides is 1. The number of hydrogen-bond donors (Lipinski definition) is 2. The Labute approximate surface area is 89.2 Å². The summed E-state index contributed by atoms with van der Waals surface area (Å²) in [5, 5.41) is 17.0. The summed E-state index contributed by atoms with van der Waals surface area (Å²) in [4.78, 5) is 21.6. The molecule has 1 aromatic heterocycles. The van der Waals surface area contributed by atoms with Crippen molar-refractivity contribution in [3.63, 3.8) is 0 Å². The van der Waals surface area contributed by atoms with E-state index in [-0.39, 0.29) is 5.69 Å². The fourth-order valence-corrected chi connectivity index (χ4v) is 2.40. The zero-order valence-electron chi connectivity index (χ0n) is 7.67. The highest BCUT2D eigenvalue weighted by Gasteiger charge is 2.31. The van der Waals surface area contributed by atoms with Gasteiger partial charge in [0.1, 0.15) is 5.75 Å². The number of rotatable bonds is 1. The van der Waals surface area contributed by atoms with Crippen molar-refractivity contribution in [1.29, 1.82) is 0 Å². The van der Waals surface area contributed by atoms with Gasteiger partial charge in [0.25, 0.3) is 0 Å². The van der Waals surface area contributed by atoms with Gasteiger partial charge >= 0.3 is 5.97 Å². The molecule has 1 aliphatic rings. The van der Waals surface area contributed by atoms with Gasteiger partial charge in [-0.2, -0.15) is 0 Å². The van der Waals surface area contributed by atoms with Crippen LogP contribution < -0.4 is 5.32 Å². The molecular formula is C7H5N3O5S. The van der Waals surface area contributed by atoms with E-state index in [9.17, 15) is 18.0 Å². The lowest BCUT2D eigenvalue weighted by Crippen LogP contribution is -2.30. The first-order chi connectivity index (χ1) is 7.40. The van der Waals surface area contributed by atoms with Gasteiger partial charge in [0.15, 0.2) is 5.69 Å². The Bertz CT molecular complexity index is 594. The Hall–Kier alpha value is -2.03. The van der Waals surface area contributed by atoms with E-state index in [1.807, 2.05) is 0 Å². The average Bonchev–Trinajstić information content (AvgIpc) is 2.14. The number of sulfone groups is 1. The van der Waals surface area contributed by atoms with Crippen molar-refractivity contribution < 1.29 is 23.1 Å². The predicted octanol–water partition coefficient (Wildman–Crippen LogP) is -1.10. The van der Waals surface area contributed by atoms with Crippen molar-refractivity contribution in [1.82, 2.24) is 10.2 Å². The van der Waals surface area contributed by atoms with E-state index >= 15 is 0 Å². The van der Waals surface area contributed by atoms with Crippen LogP contribution in [0.4, 0.5) is 5.69 Å². The van der Waals surface area contributed by atoms with Gasteiger partial charge in [-0.1, -0.05) is 0 Å². The third-order valence-electron chi connectivity index (χ3n) is 1.87. The van der Waals surface area contributed by atoms with Crippen LogP contribution in [0.3, 0.4) is 0 Å². The van der Waals surface area contributed by atoms with E-state index in [0.29, 0.717) is 0 Å². The molecule has 0 radical (unpaired) electrons. The molecule has 0 saturated heterocycles. The summed E-state index contributed by atoms with van der Waals surface area (Å²) in [7, 11) is -3.81. The van der Waals surface area contributed by atoms with E-state index in [0.717, 1.165) is 6.07 Å². The van der Waals surface area contributed by atoms with Crippen LogP contribution in [0.2, 0.25) is 0 Å². The summed E-state index contributed by atoms with van der Waals surface area (Å²) in [5.41, 5.74) is -0.584. The fraction of sp³-hybridized carbons (Fsp3) is 0.143. The maximum absolute atomic E-state index is 11.5. The van der Waals surface area contributed by atoms with Crippen LogP contribution in [-0.2, 0) is 14.6 Å². The summed E-state index contributed by atoms with van der Waals surface area (Å²) < 4.78 is 22.9. The second-order valence-corrected chi connectivity index (χ2v) is 4.97. The molecule has 0 spiro atoms. The lowest BCUT2D eigenvalue weighted by Gasteiger charge is -2.15. The highest BCUT2D eigenvalue weighted by Crippen LogP contribution is 2.23. The number of fused-ring (bicyclic) bond motifs is 1. The standard InChI is InChI=1S/C7H5N3O5S/c11-5-2-16(14,15)6-3(8-5)1-4(7(12)13)9-10-6/h1H,2H2,(H,8,11)(H,12,13). The molecule has 1 amide bonds. The lowest BCUT2D eigenvalue weighted by atomic mass is 10.3. The molecular weight excluding hydrogens is 238 g/mol. The number of nitrogens with one attached hydrogen (secondary N) is 1. The second-order valence-electron chi connectivity index (χ2n) is 3.06. The first-order valence-corrected chi connectivity index (χ1v) is 5.69. The van der Waals surface area contributed by atoms with Gasteiger partial charge in [-0.05, 0) is 6.07 Å². The van der Waals surface area contributed by atoms with Gasteiger partial charge in [-0.3, -0.25) is 4.79 Å². The van der Waals surface area contributed by atoms with Crippen LogP contribution in [-0.4, -0.2) is 41.4 Å². The largest absolute Gasteiger partial charge is 0.476 e. The molecule has 16 heavy (non-hydrogen) atoms. The van der Waals surface area contributed by atoms with E-state index in [1.54, 1.807) is 0 Å². The Morgan fingerprint density at radius 2 is 2.12 bits per heavy atom. The molecule has 84 valence electrons. The SMILES string of the molecule is O=C1CS(=O)(=O)c2nnc(C(=O)O)cc2N1. The van der Waals surface area contributed by atoms with Gasteiger partial charge in [-0.25, -0.2) is 13.2 Å². The van der Waals surface area contributed by atoms with Crippen molar-refractivity contribution in [2.75, 3.05) is 11.1 Å². The summed E-state index contributed by atoms with van der Waals surface area (Å²) >= 11 is 0. The van der Waals surface area contributed by atoms with Gasteiger partial charge in [0.05, 0.1) is 5.69 Å². The zero-order valence-corrected chi connectivity index (χ0v) is 8.48. The number of carbonyl (C=O) groups excluding carboxylic acids is 1. The number of nitrogens with zero attached hydrogens (tertiary/aromatic N) is 2. The third kappa shape index (κ3) is 1.60. The maximum atomic E-state index is 11.5. The van der Waals surface area contributed by atoms with E-state index < -0.39 is 38.2 Å². The first kappa shape index (κ1) is 10.5. The topological polar surface area (TPSA) is 126 Å². The Morgan fingerprint density at radius 3 is 2.75 bits per heavy atom. The summed E-state index contributed by atoms with van der Waals surface area (Å²) in [5.74, 6) is -2.79. The van der Waals surface area contributed by atoms with Crippen molar-refractivity contribution in [2.24, 2.45) is 0 Å². The smallest absolute Gasteiger partial charge is 0.356 e. The van der Waals surface area contributed by atoms with Gasteiger partial charge < -0.3 is 10.4 Å². The second kappa shape index (κ2) is 3.23. The van der Waals surface area contributed by atoms with Crippen LogP contribution in [0.25, 0.3) is 0 Å². The molecule has 2 rings (SSSR count). The quantitative estimate of drug-likeness (QED) is 0.640. The highest BCUT2D eigenvalue weighted by molar-refractivity contribution is 7.92. The zero-order chi connectivity index (χ0) is 11.9. The molecule has 2 heterocycles. The molecule has 0 bridgehead atoms. The number of carboxylic acids is 1. The molecule has 8 nitrogen and oxygen atoms in total. The van der Waals surface area contributed by atoms with E-state index in [2.05, 4.69) is 15.5 Å². The lowest BCUT2D eigenvalue weighted by molar-refractivity contribution is -0.114. The van der Waals surface area contributed by atoms with Crippen molar-refractivity contribution in [3.05, 3.63) is 11.8 Å². The van der Waals surface area contributed by atoms with Crippen LogP contribution in [0.5, 0.6) is 0 Å². The number of carboxylic acid groups (broad SMARTS) is 1. The molecule has 0 unspecified atom stereocenters. The highest BCUT2D eigenvalue weighted by atomic mass is 32.2. The van der Waals surface area contributed by atoms with E-state index in [4.69, 9.17) is 5.11 Å². The molecule has 9 heteroatoms. The van der Waals surface area contributed by atoms with Crippen LogP contribution in [0, 0.1) is 0 Å². The molecule has 0 atom stereocenters. The van der Waals surface area contributed by atoms with Gasteiger partial charge in [-0.15, -0.1) is 10.2 Å². The van der Waals surface area contributed by atoms with E-state index in [1.165, 1.54) is 0 Å². The van der Waals surface area contributed by atoms with Gasteiger partial charge in [0, 0.05) is 0 Å². The van der Waals surface area contributed by atoms with Crippen molar-refractivity contribution >= 4 is 27.4 Å². The molecule has 0 saturated carbocycles. The summed E-state index contributed by atoms with van der Waals surface area (Å²) in [6.07, 6.45) is 0. The maximum Gasteiger partial charge on any atom is 0.356 e. The summed E-state index contributed by atoms with van der Waals surface area (Å²) in [6, 6.07) is 0.958. The number of hydrogen-bond acceptors (Lipinski definition) is 6. The molecule has 1 aliphatic heterocycles. The molecule has 1 aromatic rings. The minimum atomic E-state index is -3.81. The molecule has 0 fully saturated rings. The number of anilines is 1. The minimum absolute atomic E-state index is 0.149.